The van der Waals surface area contributed by atoms with Crippen molar-refractivity contribution in [1.29, 1.82) is 0 Å². The van der Waals surface area contributed by atoms with Gasteiger partial charge in [-0.2, -0.15) is 0 Å². The molecule has 2 nitrogen and oxygen atoms in total. The molecule has 1 N–H and O–H groups in total. The fourth-order valence-corrected chi connectivity index (χ4v) is 2.47. The lowest BCUT2D eigenvalue weighted by molar-refractivity contribution is 0.280. The highest BCUT2D eigenvalue weighted by Crippen LogP contribution is 2.13. The van der Waals surface area contributed by atoms with Crippen molar-refractivity contribution in [1.82, 2.24) is 10.2 Å². The van der Waals surface area contributed by atoms with Crippen LogP contribution >= 0.6 is 0 Å². The second-order valence-electron chi connectivity index (χ2n) is 5.41. The smallest absolute Gasteiger partial charge is 0.126 e. The molecule has 1 atom stereocenters. The Balaban J connectivity index is 2.66. The zero-order valence-electron chi connectivity index (χ0n) is 13.5. The van der Waals surface area contributed by atoms with Crippen LogP contribution in [0, 0.1) is 11.6 Å². The molecular weight excluding hydrogens is 270 g/mol. The van der Waals surface area contributed by atoms with E-state index in [-0.39, 0.29) is 17.7 Å². The van der Waals surface area contributed by atoms with Gasteiger partial charge in [-0.3, -0.25) is 0 Å². The van der Waals surface area contributed by atoms with E-state index in [1.807, 2.05) is 0 Å². The number of benzene rings is 1. The van der Waals surface area contributed by atoms with E-state index in [4.69, 9.17) is 0 Å². The van der Waals surface area contributed by atoms with Gasteiger partial charge in [0.05, 0.1) is 0 Å². The maximum atomic E-state index is 13.8. The monoisotopic (exact) mass is 298 g/mol. The molecule has 4 heteroatoms. The largest absolute Gasteiger partial charge is 0.314 e. The van der Waals surface area contributed by atoms with Crippen molar-refractivity contribution < 1.29 is 8.78 Å². The molecule has 0 aromatic heterocycles. The molecule has 0 aliphatic carbocycles. The predicted molar refractivity (Wildman–Crippen MR) is 84.5 cm³/mol. The Bertz CT molecular complexity index is 406. The average molecular weight is 298 g/mol. The fourth-order valence-electron chi connectivity index (χ4n) is 2.47. The van der Waals surface area contributed by atoms with E-state index in [2.05, 4.69) is 31.0 Å². The van der Waals surface area contributed by atoms with E-state index in [1.54, 1.807) is 0 Å². The van der Waals surface area contributed by atoms with Gasteiger partial charge in [0.15, 0.2) is 0 Å². The molecule has 120 valence electrons. The Hall–Kier alpha value is -1.00. The molecule has 0 fully saturated rings. The van der Waals surface area contributed by atoms with Crippen molar-refractivity contribution in [3.05, 3.63) is 35.4 Å². The molecule has 0 aliphatic heterocycles. The van der Waals surface area contributed by atoms with E-state index in [0.29, 0.717) is 12.0 Å². The standard InChI is InChI=1S/C17H28F2N2/c1-4-10-20-16(9-11-21(5-2)6-3)13-14-12-15(18)7-8-17(14)19/h7-8,12,16,20H,4-6,9-11,13H2,1-3H3. The minimum Gasteiger partial charge on any atom is -0.314 e. The molecule has 1 aromatic carbocycles. The Kier molecular flexibility index (Phi) is 8.47. The van der Waals surface area contributed by atoms with Gasteiger partial charge in [0, 0.05) is 6.04 Å². The summed E-state index contributed by atoms with van der Waals surface area (Å²) in [6.07, 6.45) is 2.51. The first-order chi connectivity index (χ1) is 10.1. The highest BCUT2D eigenvalue weighted by atomic mass is 19.1. The second-order valence-corrected chi connectivity index (χ2v) is 5.41. The van der Waals surface area contributed by atoms with Crippen LogP contribution in [0.5, 0.6) is 0 Å². The molecular formula is C17H28F2N2. The number of nitrogens with zero attached hydrogens (tertiary/aromatic N) is 1. The van der Waals surface area contributed by atoms with Crippen LogP contribution in [0.2, 0.25) is 0 Å². The van der Waals surface area contributed by atoms with Crippen LogP contribution in [0.15, 0.2) is 18.2 Å². The normalized spacial score (nSPS) is 12.9. The molecule has 0 amide bonds. The highest BCUT2D eigenvalue weighted by Gasteiger charge is 2.14. The van der Waals surface area contributed by atoms with Gasteiger partial charge in [-0.05, 0) is 69.2 Å². The lowest BCUT2D eigenvalue weighted by atomic mass is 10.0. The van der Waals surface area contributed by atoms with Gasteiger partial charge < -0.3 is 10.2 Å². The van der Waals surface area contributed by atoms with Crippen molar-refractivity contribution in [2.45, 2.75) is 46.1 Å². The molecule has 0 aliphatic rings. The molecule has 1 aromatic rings. The van der Waals surface area contributed by atoms with Crippen molar-refractivity contribution in [3.8, 4) is 0 Å². The lowest BCUT2D eigenvalue weighted by Crippen LogP contribution is -2.36. The zero-order valence-corrected chi connectivity index (χ0v) is 13.5. The minimum absolute atomic E-state index is 0.182. The van der Waals surface area contributed by atoms with E-state index in [1.165, 1.54) is 18.2 Å². The first kappa shape index (κ1) is 18.1. The van der Waals surface area contributed by atoms with Gasteiger partial charge in [0.25, 0.3) is 0 Å². The van der Waals surface area contributed by atoms with E-state index in [9.17, 15) is 8.78 Å². The number of nitrogens with one attached hydrogen (secondary N) is 1. The van der Waals surface area contributed by atoms with E-state index >= 15 is 0 Å². The minimum atomic E-state index is -0.371. The summed E-state index contributed by atoms with van der Waals surface area (Å²) in [5.41, 5.74) is 0.461. The van der Waals surface area contributed by atoms with Crippen molar-refractivity contribution in [3.63, 3.8) is 0 Å². The fraction of sp³-hybridized carbons (Fsp3) is 0.647. The highest BCUT2D eigenvalue weighted by molar-refractivity contribution is 5.19. The third-order valence-electron chi connectivity index (χ3n) is 3.85. The average Bonchev–Trinajstić information content (AvgIpc) is 2.49. The molecule has 0 saturated heterocycles. The zero-order chi connectivity index (χ0) is 15.7. The van der Waals surface area contributed by atoms with Gasteiger partial charge in [-0.15, -0.1) is 0 Å². The number of rotatable bonds is 10. The maximum Gasteiger partial charge on any atom is 0.126 e. The maximum absolute atomic E-state index is 13.8. The molecule has 1 rings (SSSR count). The molecule has 0 heterocycles. The summed E-state index contributed by atoms with van der Waals surface area (Å²) >= 11 is 0. The van der Waals surface area contributed by atoms with Crippen LogP contribution < -0.4 is 5.32 Å². The summed E-state index contributed by atoms with van der Waals surface area (Å²) in [6.45, 7) is 10.3. The SMILES string of the molecule is CCCNC(CCN(CC)CC)Cc1cc(F)ccc1F. The first-order valence-electron chi connectivity index (χ1n) is 8.00. The molecule has 1 unspecified atom stereocenters. The van der Waals surface area contributed by atoms with Gasteiger partial charge in [0.1, 0.15) is 11.6 Å². The quantitative estimate of drug-likeness (QED) is 0.710. The van der Waals surface area contributed by atoms with Crippen LogP contribution in [0.1, 0.15) is 39.2 Å². The second kappa shape index (κ2) is 9.85. The number of hydrogen-bond donors (Lipinski definition) is 1. The first-order valence-corrected chi connectivity index (χ1v) is 8.00. The van der Waals surface area contributed by atoms with Crippen LogP contribution in [0.4, 0.5) is 8.78 Å². The Labute approximate surface area is 127 Å². The summed E-state index contributed by atoms with van der Waals surface area (Å²) in [5, 5.41) is 3.45. The van der Waals surface area contributed by atoms with Crippen LogP contribution in [-0.4, -0.2) is 37.1 Å². The van der Waals surface area contributed by atoms with Crippen LogP contribution in [0.3, 0.4) is 0 Å². The molecule has 0 bridgehead atoms. The summed E-state index contributed by atoms with van der Waals surface area (Å²) in [7, 11) is 0. The Morgan fingerprint density at radius 2 is 1.86 bits per heavy atom. The number of hydrogen-bond acceptors (Lipinski definition) is 2. The van der Waals surface area contributed by atoms with Crippen molar-refractivity contribution in [2.24, 2.45) is 0 Å². The van der Waals surface area contributed by atoms with Crippen molar-refractivity contribution >= 4 is 0 Å². The van der Waals surface area contributed by atoms with Gasteiger partial charge in [0.2, 0.25) is 0 Å². The Morgan fingerprint density at radius 1 is 1.14 bits per heavy atom. The van der Waals surface area contributed by atoms with Crippen LogP contribution in [0.25, 0.3) is 0 Å². The predicted octanol–water partition coefficient (Wildman–Crippen LogP) is 3.61. The van der Waals surface area contributed by atoms with Crippen molar-refractivity contribution in [2.75, 3.05) is 26.2 Å². The van der Waals surface area contributed by atoms with Crippen LogP contribution in [-0.2, 0) is 6.42 Å². The van der Waals surface area contributed by atoms with E-state index in [0.717, 1.165) is 39.0 Å². The molecule has 0 saturated carbocycles. The Morgan fingerprint density at radius 3 is 2.48 bits per heavy atom. The van der Waals surface area contributed by atoms with Gasteiger partial charge in [-0.25, -0.2) is 8.78 Å². The molecule has 0 radical (unpaired) electrons. The summed E-state index contributed by atoms with van der Waals surface area (Å²) in [4.78, 5) is 2.35. The third-order valence-corrected chi connectivity index (χ3v) is 3.85. The topological polar surface area (TPSA) is 15.3 Å². The van der Waals surface area contributed by atoms with E-state index < -0.39 is 0 Å². The molecule has 0 spiro atoms. The lowest BCUT2D eigenvalue weighted by Gasteiger charge is -2.24. The third kappa shape index (κ3) is 6.53. The summed E-state index contributed by atoms with van der Waals surface area (Å²) < 4.78 is 27.1. The van der Waals surface area contributed by atoms with Gasteiger partial charge in [-0.1, -0.05) is 20.8 Å². The van der Waals surface area contributed by atoms with Gasteiger partial charge >= 0.3 is 0 Å². The summed E-state index contributed by atoms with van der Waals surface area (Å²) in [5.74, 6) is -0.688. The molecule has 21 heavy (non-hydrogen) atoms. The number of halogens is 2. The summed E-state index contributed by atoms with van der Waals surface area (Å²) in [6, 6.07) is 3.88.